The molecule has 0 saturated heterocycles. The molecule has 122 valence electrons. The van der Waals surface area contributed by atoms with E-state index in [1.54, 1.807) is 25.3 Å². The van der Waals surface area contributed by atoms with Crippen molar-refractivity contribution in [3.63, 3.8) is 0 Å². The number of hydrogen-bond acceptors (Lipinski definition) is 4. The molecule has 7 heteroatoms. The quantitative estimate of drug-likeness (QED) is 0.850. The summed E-state index contributed by atoms with van der Waals surface area (Å²) < 4.78 is 32.3. The Bertz CT molecular complexity index is 786. The zero-order chi connectivity index (χ0) is 16.9. The van der Waals surface area contributed by atoms with E-state index < -0.39 is 10.0 Å². The first kappa shape index (κ1) is 17.0. The van der Waals surface area contributed by atoms with Crippen LogP contribution in [0.2, 0.25) is 0 Å². The molecule has 1 amide bonds. The van der Waals surface area contributed by atoms with Crippen molar-refractivity contribution in [2.45, 2.75) is 18.4 Å². The zero-order valence-corrected chi connectivity index (χ0v) is 13.7. The second-order valence-electron chi connectivity index (χ2n) is 4.94. The second kappa shape index (κ2) is 7.26. The van der Waals surface area contributed by atoms with Crippen molar-refractivity contribution >= 4 is 27.3 Å². The summed E-state index contributed by atoms with van der Waals surface area (Å²) in [6, 6.07) is 12.9. The normalized spacial score (nSPS) is 11.0. The predicted molar refractivity (Wildman–Crippen MR) is 88.7 cm³/mol. The van der Waals surface area contributed by atoms with E-state index in [0.717, 1.165) is 5.56 Å². The van der Waals surface area contributed by atoms with E-state index >= 15 is 0 Å². The number of benzene rings is 2. The zero-order valence-electron chi connectivity index (χ0n) is 12.9. The third-order valence-corrected chi connectivity index (χ3v) is 4.37. The molecule has 0 unspecified atom stereocenters. The van der Waals surface area contributed by atoms with Crippen molar-refractivity contribution in [1.29, 1.82) is 0 Å². The Morgan fingerprint density at radius 3 is 2.39 bits per heavy atom. The molecule has 6 nitrogen and oxygen atoms in total. The molecular formula is C16H18N2O4S. The molecule has 0 bridgehead atoms. The van der Waals surface area contributed by atoms with Gasteiger partial charge in [-0.1, -0.05) is 12.1 Å². The number of carbonyl (C=O) groups is 1. The van der Waals surface area contributed by atoms with Gasteiger partial charge >= 0.3 is 0 Å². The van der Waals surface area contributed by atoms with Crippen LogP contribution in [-0.4, -0.2) is 21.4 Å². The van der Waals surface area contributed by atoms with Crippen LogP contribution in [0.4, 0.5) is 11.4 Å². The summed E-state index contributed by atoms with van der Waals surface area (Å²) in [5.74, 6) is -0.214. The van der Waals surface area contributed by atoms with Gasteiger partial charge in [-0.25, -0.2) is 8.42 Å². The Hall–Kier alpha value is -2.38. The van der Waals surface area contributed by atoms with E-state index in [-0.39, 0.29) is 10.8 Å². The van der Waals surface area contributed by atoms with E-state index in [1.165, 1.54) is 31.2 Å². The summed E-state index contributed by atoms with van der Waals surface area (Å²) in [5, 5.41) is 2.59. The number of methoxy groups -OCH3 is 1. The third-order valence-electron chi connectivity index (χ3n) is 2.98. The number of amides is 1. The maximum atomic E-state index is 12.4. The summed E-state index contributed by atoms with van der Waals surface area (Å²) >= 11 is 0. The monoisotopic (exact) mass is 334 g/mol. The van der Waals surface area contributed by atoms with Gasteiger partial charge in [0, 0.05) is 25.4 Å². The Balaban J connectivity index is 2.18. The van der Waals surface area contributed by atoms with E-state index in [1.807, 2.05) is 6.07 Å². The molecule has 0 atom stereocenters. The molecule has 0 radical (unpaired) electrons. The third kappa shape index (κ3) is 4.80. The molecule has 2 N–H and O–H groups in total. The number of rotatable bonds is 6. The number of hydrogen-bond donors (Lipinski definition) is 2. The highest BCUT2D eigenvalue weighted by atomic mass is 32.2. The van der Waals surface area contributed by atoms with Crippen molar-refractivity contribution in [2.24, 2.45) is 0 Å². The SMILES string of the molecule is COCc1cccc(NS(=O)(=O)c2ccc(NC(C)=O)cc2)c1. The van der Waals surface area contributed by atoms with Crippen molar-refractivity contribution in [3.05, 3.63) is 54.1 Å². The smallest absolute Gasteiger partial charge is 0.261 e. The minimum Gasteiger partial charge on any atom is -0.380 e. The maximum Gasteiger partial charge on any atom is 0.261 e. The van der Waals surface area contributed by atoms with Crippen LogP contribution in [0.15, 0.2) is 53.4 Å². The lowest BCUT2D eigenvalue weighted by molar-refractivity contribution is -0.114. The fourth-order valence-corrected chi connectivity index (χ4v) is 3.08. The number of nitrogens with one attached hydrogen (secondary N) is 2. The molecule has 0 saturated carbocycles. The molecule has 2 rings (SSSR count). The molecule has 0 aliphatic rings. The summed E-state index contributed by atoms with van der Waals surface area (Å²) in [7, 11) is -2.12. The molecule has 0 spiro atoms. The van der Waals surface area contributed by atoms with E-state index in [2.05, 4.69) is 10.0 Å². The van der Waals surface area contributed by atoms with Gasteiger partial charge in [0.2, 0.25) is 5.91 Å². The van der Waals surface area contributed by atoms with Gasteiger partial charge in [-0.05, 0) is 42.0 Å². The predicted octanol–water partition coefficient (Wildman–Crippen LogP) is 2.59. The number of sulfonamides is 1. The van der Waals surface area contributed by atoms with Crippen molar-refractivity contribution < 1.29 is 17.9 Å². The first-order valence-electron chi connectivity index (χ1n) is 6.89. The number of carbonyl (C=O) groups excluding carboxylic acids is 1. The van der Waals surface area contributed by atoms with Crippen LogP contribution in [0.3, 0.4) is 0 Å². The van der Waals surface area contributed by atoms with Gasteiger partial charge in [0.05, 0.1) is 11.5 Å². The molecule has 0 aliphatic carbocycles. The minimum atomic E-state index is -3.69. The number of ether oxygens (including phenoxy) is 1. The largest absolute Gasteiger partial charge is 0.380 e. The molecule has 2 aromatic carbocycles. The molecule has 2 aromatic rings. The summed E-state index contributed by atoms with van der Waals surface area (Å²) in [6.07, 6.45) is 0. The average Bonchev–Trinajstić information content (AvgIpc) is 2.47. The lowest BCUT2D eigenvalue weighted by Crippen LogP contribution is -2.13. The average molecular weight is 334 g/mol. The van der Waals surface area contributed by atoms with Crippen molar-refractivity contribution in [3.8, 4) is 0 Å². The van der Waals surface area contributed by atoms with Gasteiger partial charge in [0.15, 0.2) is 0 Å². The van der Waals surface area contributed by atoms with E-state index in [9.17, 15) is 13.2 Å². The van der Waals surface area contributed by atoms with Gasteiger partial charge in [-0.15, -0.1) is 0 Å². The minimum absolute atomic E-state index is 0.115. The van der Waals surface area contributed by atoms with E-state index in [4.69, 9.17) is 4.74 Å². The van der Waals surface area contributed by atoms with Crippen LogP contribution < -0.4 is 10.0 Å². The van der Waals surface area contributed by atoms with Crippen LogP contribution in [0.5, 0.6) is 0 Å². The standard InChI is InChI=1S/C16H18N2O4S/c1-12(19)17-14-6-8-16(9-7-14)23(20,21)18-15-5-3-4-13(10-15)11-22-2/h3-10,18H,11H2,1-2H3,(H,17,19). The van der Waals surface area contributed by atoms with Gasteiger partial charge in [0.25, 0.3) is 10.0 Å². The van der Waals surface area contributed by atoms with Crippen molar-refractivity contribution in [2.75, 3.05) is 17.1 Å². The first-order chi connectivity index (χ1) is 10.9. The molecule has 0 heterocycles. The fraction of sp³-hybridized carbons (Fsp3) is 0.188. The Morgan fingerprint density at radius 1 is 1.09 bits per heavy atom. The summed E-state index contributed by atoms with van der Waals surface area (Å²) in [6.45, 7) is 1.79. The topological polar surface area (TPSA) is 84.5 Å². The fourth-order valence-electron chi connectivity index (χ4n) is 2.03. The first-order valence-corrected chi connectivity index (χ1v) is 8.37. The van der Waals surface area contributed by atoms with Crippen LogP contribution in [0, 0.1) is 0 Å². The lowest BCUT2D eigenvalue weighted by atomic mass is 10.2. The van der Waals surface area contributed by atoms with Crippen molar-refractivity contribution in [1.82, 2.24) is 0 Å². The van der Waals surface area contributed by atoms with Gasteiger partial charge in [0.1, 0.15) is 0 Å². The highest BCUT2D eigenvalue weighted by Gasteiger charge is 2.14. The highest BCUT2D eigenvalue weighted by Crippen LogP contribution is 2.19. The van der Waals surface area contributed by atoms with Crippen LogP contribution in [-0.2, 0) is 26.2 Å². The van der Waals surface area contributed by atoms with Gasteiger partial charge in [-0.3, -0.25) is 9.52 Å². The van der Waals surface area contributed by atoms with E-state index in [0.29, 0.717) is 18.0 Å². The molecule has 23 heavy (non-hydrogen) atoms. The molecule has 0 aliphatic heterocycles. The summed E-state index contributed by atoms with van der Waals surface area (Å²) in [5.41, 5.74) is 1.87. The molecule has 0 fully saturated rings. The van der Waals surface area contributed by atoms with Gasteiger partial charge < -0.3 is 10.1 Å². The highest BCUT2D eigenvalue weighted by molar-refractivity contribution is 7.92. The molecular weight excluding hydrogens is 316 g/mol. The lowest BCUT2D eigenvalue weighted by Gasteiger charge is -2.10. The van der Waals surface area contributed by atoms with Crippen LogP contribution >= 0.6 is 0 Å². The summed E-state index contributed by atoms with van der Waals surface area (Å²) in [4.78, 5) is 11.1. The van der Waals surface area contributed by atoms with Gasteiger partial charge in [-0.2, -0.15) is 0 Å². The Labute approximate surface area is 135 Å². The maximum absolute atomic E-state index is 12.4. The molecule has 0 aromatic heterocycles. The second-order valence-corrected chi connectivity index (χ2v) is 6.63. The Kier molecular flexibility index (Phi) is 5.36. The number of anilines is 2. The Morgan fingerprint density at radius 2 is 1.78 bits per heavy atom. The van der Waals surface area contributed by atoms with Crippen LogP contribution in [0.1, 0.15) is 12.5 Å². The van der Waals surface area contributed by atoms with Crippen LogP contribution in [0.25, 0.3) is 0 Å².